The van der Waals surface area contributed by atoms with Gasteiger partial charge in [-0.2, -0.15) is 0 Å². The van der Waals surface area contributed by atoms with Crippen LogP contribution in [0, 0.1) is 11.8 Å². The number of amides is 2. The van der Waals surface area contributed by atoms with Gasteiger partial charge >= 0.3 is 0 Å². The van der Waals surface area contributed by atoms with Crippen molar-refractivity contribution in [1.82, 2.24) is 5.32 Å². The van der Waals surface area contributed by atoms with Crippen molar-refractivity contribution in [1.29, 1.82) is 0 Å². The maximum absolute atomic E-state index is 12.3. The molecule has 0 unspecified atom stereocenters. The summed E-state index contributed by atoms with van der Waals surface area (Å²) in [5.74, 6) is 5.39. The molecule has 7 heteroatoms. The Morgan fingerprint density at radius 3 is 2.05 bits per heavy atom. The van der Waals surface area contributed by atoms with Crippen molar-refractivity contribution in [2.45, 2.75) is 31.7 Å². The van der Waals surface area contributed by atoms with E-state index in [1.54, 1.807) is 24.3 Å². The first-order valence-corrected chi connectivity index (χ1v) is 12.1. The number of hydrogen-bond acceptors (Lipinski definition) is 5. The molecule has 2 atom stereocenters. The van der Waals surface area contributed by atoms with Crippen molar-refractivity contribution in [2.24, 2.45) is 5.73 Å². The number of carbonyl (C=O) groups excluding carboxylic acids is 3. The minimum absolute atomic E-state index is 0.0238. The highest BCUT2D eigenvalue weighted by molar-refractivity contribution is 5.98. The molecule has 190 valence electrons. The number of Topliss-reactive ketones (excluding diaryl/α,β-unsaturated/α-hetero) is 1. The van der Waals surface area contributed by atoms with E-state index in [2.05, 4.69) is 41.5 Å². The number of rotatable bonds is 10. The van der Waals surface area contributed by atoms with Crippen molar-refractivity contribution in [3.63, 3.8) is 0 Å². The molecule has 0 aliphatic heterocycles. The molecular weight excluding hydrogens is 466 g/mol. The van der Waals surface area contributed by atoms with Crippen molar-refractivity contribution in [3.8, 4) is 11.8 Å². The summed E-state index contributed by atoms with van der Waals surface area (Å²) in [6, 6.07) is 23.2. The van der Waals surface area contributed by atoms with Crippen LogP contribution in [0.2, 0.25) is 0 Å². The molecule has 2 amide bonds. The molecule has 0 aliphatic rings. The Hall–Kier alpha value is -4.25. The third-order valence-corrected chi connectivity index (χ3v) is 5.93. The van der Waals surface area contributed by atoms with Crippen molar-refractivity contribution in [3.05, 3.63) is 101 Å². The normalized spacial score (nSPS) is 12.0. The number of aliphatic hydroxyl groups is 1. The third kappa shape index (κ3) is 8.43. The first kappa shape index (κ1) is 27.3. The second-order valence-electron chi connectivity index (χ2n) is 8.69. The summed E-state index contributed by atoms with van der Waals surface area (Å²) >= 11 is 0. The average molecular weight is 498 g/mol. The van der Waals surface area contributed by atoms with Crippen molar-refractivity contribution < 1.29 is 19.5 Å². The van der Waals surface area contributed by atoms with Crippen LogP contribution in [0.1, 0.15) is 52.7 Å². The molecule has 0 saturated heterocycles. The minimum Gasteiger partial charge on any atom is -0.388 e. The molecule has 5 N–H and O–H groups in total. The van der Waals surface area contributed by atoms with E-state index in [4.69, 9.17) is 10.8 Å². The van der Waals surface area contributed by atoms with Crippen LogP contribution in [0.4, 0.5) is 5.69 Å². The van der Waals surface area contributed by atoms with E-state index in [0.717, 1.165) is 12.0 Å². The summed E-state index contributed by atoms with van der Waals surface area (Å²) in [4.78, 5) is 36.2. The Kier molecular flexibility index (Phi) is 10.1. The summed E-state index contributed by atoms with van der Waals surface area (Å²) < 4.78 is 0. The summed E-state index contributed by atoms with van der Waals surface area (Å²) in [5, 5.41) is 14.4. The van der Waals surface area contributed by atoms with E-state index in [9.17, 15) is 14.4 Å². The van der Waals surface area contributed by atoms with Gasteiger partial charge in [-0.1, -0.05) is 49.1 Å². The highest BCUT2D eigenvalue weighted by Gasteiger charge is 2.18. The molecule has 0 fully saturated rings. The fraction of sp³-hybridized carbons (Fsp3) is 0.233. The lowest BCUT2D eigenvalue weighted by atomic mass is 9.96. The number of ketones is 1. The van der Waals surface area contributed by atoms with E-state index < -0.39 is 24.3 Å². The highest BCUT2D eigenvalue weighted by Crippen LogP contribution is 2.20. The Morgan fingerprint density at radius 1 is 0.892 bits per heavy atom. The van der Waals surface area contributed by atoms with Crippen LogP contribution in [0.5, 0.6) is 0 Å². The smallest absolute Gasteiger partial charge is 0.251 e. The molecule has 0 saturated carbocycles. The zero-order valence-electron chi connectivity index (χ0n) is 20.7. The second-order valence-corrected chi connectivity index (χ2v) is 8.69. The van der Waals surface area contributed by atoms with Gasteiger partial charge in [0.25, 0.3) is 5.91 Å². The van der Waals surface area contributed by atoms with E-state index in [1.807, 2.05) is 42.5 Å². The molecule has 0 radical (unpaired) electrons. The fourth-order valence-electron chi connectivity index (χ4n) is 3.63. The van der Waals surface area contributed by atoms with Gasteiger partial charge in [0.05, 0.1) is 0 Å². The van der Waals surface area contributed by atoms with Gasteiger partial charge in [0, 0.05) is 35.3 Å². The van der Waals surface area contributed by atoms with Crippen molar-refractivity contribution >= 4 is 23.3 Å². The van der Waals surface area contributed by atoms with Crippen LogP contribution >= 0.6 is 0 Å². The highest BCUT2D eigenvalue weighted by atomic mass is 16.3. The minimum atomic E-state index is -0.928. The lowest BCUT2D eigenvalue weighted by Crippen LogP contribution is -2.46. The van der Waals surface area contributed by atoms with Gasteiger partial charge in [-0.25, -0.2) is 0 Å². The summed E-state index contributed by atoms with van der Waals surface area (Å²) in [6.07, 6.45) is 1.21. The second kappa shape index (κ2) is 13.7. The monoisotopic (exact) mass is 497 g/mol. The number of anilines is 1. The molecule has 0 aliphatic carbocycles. The first-order chi connectivity index (χ1) is 17.9. The molecule has 0 bridgehead atoms. The van der Waals surface area contributed by atoms with Crippen LogP contribution in [0.3, 0.4) is 0 Å². The Morgan fingerprint density at radius 2 is 1.49 bits per heavy atom. The SMILES string of the molecule is C[C@@H](CCC(=O)Nc1ccc(C#Cc2ccc(C(=O)N[C@@H](CN)C(=O)CO)cc2)cc1)c1ccccc1. The summed E-state index contributed by atoms with van der Waals surface area (Å²) in [5.41, 5.74) is 9.28. The lowest BCUT2D eigenvalue weighted by Gasteiger charge is -2.14. The molecule has 3 aromatic carbocycles. The lowest BCUT2D eigenvalue weighted by molar-refractivity contribution is -0.123. The van der Waals surface area contributed by atoms with E-state index in [-0.39, 0.29) is 12.5 Å². The molecular formula is C30H31N3O4. The quantitative estimate of drug-likeness (QED) is 0.321. The average Bonchev–Trinajstić information content (AvgIpc) is 2.94. The molecule has 37 heavy (non-hydrogen) atoms. The van der Waals surface area contributed by atoms with Gasteiger partial charge < -0.3 is 21.5 Å². The van der Waals surface area contributed by atoms with E-state index in [0.29, 0.717) is 29.2 Å². The van der Waals surface area contributed by atoms with Gasteiger partial charge in [0.1, 0.15) is 12.6 Å². The Bertz CT molecular complexity index is 1260. The predicted octanol–water partition coefficient (Wildman–Crippen LogP) is 3.23. The van der Waals surface area contributed by atoms with Crippen LogP contribution in [0.25, 0.3) is 0 Å². The van der Waals surface area contributed by atoms with Gasteiger partial charge in [0.15, 0.2) is 5.78 Å². The summed E-state index contributed by atoms with van der Waals surface area (Å²) in [6.45, 7) is 1.35. The van der Waals surface area contributed by atoms with Crippen LogP contribution in [-0.2, 0) is 9.59 Å². The molecule has 0 aromatic heterocycles. The van der Waals surface area contributed by atoms with Crippen LogP contribution < -0.4 is 16.4 Å². The zero-order valence-corrected chi connectivity index (χ0v) is 20.7. The molecule has 0 spiro atoms. The van der Waals surface area contributed by atoms with Gasteiger partial charge in [-0.05, 0) is 66.4 Å². The predicted molar refractivity (Wildman–Crippen MR) is 144 cm³/mol. The molecule has 7 nitrogen and oxygen atoms in total. The summed E-state index contributed by atoms with van der Waals surface area (Å²) in [7, 11) is 0. The number of benzene rings is 3. The molecule has 3 rings (SSSR count). The standard InChI is InChI=1S/C30H31N3O4/c1-21(24-5-3-2-4-6-24)7-18-29(36)32-26-16-12-23(13-17-26)9-8-22-10-14-25(15-11-22)30(37)33-27(19-31)28(35)20-34/h2-6,10-17,21,27,34H,7,18-20,31H2,1H3,(H,32,36)(H,33,37)/t21-,27-/m0/s1. The topological polar surface area (TPSA) is 122 Å². The van der Waals surface area contributed by atoms with Crippen LogP contribution in [-0.4, -0.2) is 41.9 Å². The fourth-order valence-corrected chi connectivity index (χ4v) is 3.63. The van der Waals surface area contributed by atoms with Crippen molar-refractivity contribution in [2.75, 3.05) is 18.5 Å². The van der Waals surface area contributed by atoms with E-state index in [1.165, 1.54) is 5.56 Å². The maximum Gasteiger partial charge on any atom is 0.251 e. The largest absolute Gasteiger partial charge is 0.388 e. The number of nitrogens with two attached hydrogens (primary N) is 1. The number of nitrogens with one attached hydrogen (secondary N) is 2. The van der Waals surface area contributed by atoms with Crippen LogP contribution in [0.15, 0.2) is 78.9 Å². The zero-order chi connectivity index (χ0) is 26.6. The molecule has 0 heterocycles. The Balaban J connectivity index is 1.51. The van der Waals surface area contributed by atoms with Gasteiger partial charge in [-0.3, -0.25) is 14.4 Å². The molecule has 3 aromatic rings. The van der Waals surface area contributed by atoms with Gasteiger partial charge in [-0.15, -0.1) is 0 Å². The first-order valence-electron chi connectivity index (χ1n) is 12.1. The third-order valence-electron chi connectivity index (χ3n) is 5.93. The Labute approximate surface area is 217 Å². The maximum atomic E-state index is 12.3. The van der Waals surface area contributed by atoms with Gasteiger partial charge in [0.2, 0.25) is 5.91 Å². The number of hydrogen-bond donors (Lipinski definition) is 4. The van der Waals surface area contributed by atoms with E-state index >= 15 is 0 Å². The number of carbonyl (C=O) groups is 3. The number of aliphatic hydroxyl groups excluding tert-OH is 1.